The third kappa shape index (κ3) is 3.15. The van der Waals surface area contributed by atoms with Gasteiger partial charge in [0.15, 0.2) is 0 Å². The van der Waals surface area contributed by atoms with Gasteiger partial charge in [-0.2, -0.15) is 8.78 Å². The van der Waals surface area contributed by atoms with E-state index in [-0.39, 0.29) is 22.4 Å². The number of ether oxygens (including phenoxy) is 1. The summed E-state index contributed by atoms with van der Waals surface area (Å²) >= 11 is 0. The molecule has 0 saturated heterocycles. The number of amides is 1. The first-order valence-corrected chi connectivity index (χ1v) is 12.2. The minimum absolute atomic E-state index is 0.0381. The van der Waals surface area contributed by atoms with Gasteiger partial charge in [0.1, 0.15) is 11.6 Å². The Morgan fingerprint density at radius 3 is 2.63 bits per heavy atom. The molecule has 4 aromatic rings. The molecule has 4 heterocycles. The van der Waals surface area contributed by atoms with Crippen LogP contribution in [0.3, 0.4) is 0 Å². The number of nitrogens with zero attached hydrogens (tertiary/aromatic N) is 5. The van der Waals surface area contributed by atoms with Gasteiger partial charge in [-0.3, -0.25) is 14.9 Å². The van der Waals surface area contributed by atoms with Crippen LogP contribution in [0.25, 0.3) is 22.2 Å². The van der Waals surface area contributed by atoms with Gasteiger partial charge in [-0.25, -0.2) is 15.0 Å². The molecule has 2 aromatic carbocycles. The Bertz CT molecular complexity index is 1630. The summed E-state index contributed by atoms with van der Waals surface area (Å²) in [6.45, 7) is -3.03. The number of hydrogen-bond acceptors (Lipinski definition) is 7. The van der Waals surface area contributed by atoms with Crippen molar-refractivity contribution in [3.8, 4) is 16.9 Å². The quantitative estimate of drug-likeness (QED) is 0.304. The van der Waals surface area contributed by atoms with Crippen molar-refractivity contribution in [1.82, 2.24) is 24.8 Å². The Hall–Kier alpha value is -4.48. The molecule has 1 fully saturated rings. The highest BCUT2D eigenvalue weighted by atomic mass is 19.3. The number of alkyl halides is 2. The highest BCUT2D eigenvalue weighted by Crippen LogP contribution is 2.48. The van der Waals surface area contributed by atoms with Crippen molar-refractivity contribution in [1.29, 1.82) is 0 Å². The second-order valence-corrected chi connectivity index (χ2v) is 9.85. The van der Waals surface area contributed by atoms with E-state index in [0.717, 1.165) is 17.5 Å². The summed E-state index contributed by atoms with van der Waals surface area (Å²) in [6, 6.07) is 9.34. The van der Waals surface area contributed by atoms with E-state index >= 15 is 0 Å². The van der Waals surface area contributed by atoms with Crippen LogP contribution in [0.1, 0.15) is 65.3 Å². The molecule has 7 rings (SSSR count). The van der Waals surface area contributed by atoms with Gasteiger partial charge in [0, 0.05) is 46.8 Å². The minimum atomic E-state index is -3.03. The highest BCUT2D eigenvalue weighted by Gasteiger charge is 2.53. The number of nitrogens with one attached hydrogen (secondary N) is 1. The lowest BCUT2D eigenvalue weighted by molar-refractivity contribution is -0.597. The fourth-order valence-electron chi connectivity index (χ4n) is 5.91. The number of benzene rings is 2. The summed E-state index contributed by atoms with van der Waals surface area (Å²) in [5.74, 6) is 0.455. The molecule has 2 aliphatic heterocycles. The number of hydrogen-bond donors (Lipinski definition) is 1. The molecule has 1 aliphatic carbocycles. The van der Waals surface area contributed by atoms with E-state index in [0.29, 0.717) is 47.3 Å². The van der Waals surface area contributed by atoms with E-state index in [9.17, 15) is 23.7 Å². The van der Waals surface area contributed by atoms with Gasteiger partial charge < -0.3 is 14.6 Å². The third-order valence-corrected chi connectivity index (χ3v) is 7.90. The highest BCUT2D eigenvalue weighted by molar-refractivity contribution is 5.98. The summed E-state index contributed by atoms with van der Waals surface area (Å²) in [7, 11) is 0. The number of nitro groups is 1. The van der Waals surface area contributed by atoms with Gasteiger partial charge in [-0.1, -0.05) is 12.1 Å². The second kappa shape index (κ2) is 8.01. The van der Waals surface area contributed by atoms with Gasteiger partial charge in [-0.05, 0) is 42.7 Å². The number of aromatic nitrogens is 4. The molecule has 0 unspecified atom stereocenters. The summed E-state index contributed by atoms with van der Waals surface area (Å²) < 4.78 is 33.3. The Morgan fingerprint density at radius 1 is 1.16 bits per heavy atom. The lowest BCUT2D eigenvalue weighted by Gasteiger charge is -2.31. The number of carbonyl (C=O) groups is 1. The van der Waals surface area contributed by atoms with Crippen molar-refractivity contribution in [3.63, 3.8) is 0 Å². The first-order valence-electron chi connectivity index (χ1n) is 12.2. The maximum atomic E-state index is 13.2. The second-order valence-electron chi connectivity index (χ2n) is 9.85. The van der Waals surface area contributed by atoms with Crippen LogP contribution in [-0.4, -0.2) is 37.0 Å². The molecule has 2 bridgehead atoms. The normalized spacial score (nSPS) is 20.9. The molecule has 0 spiro atoms. The molecule has 3 aliphatic rings. The zero-order chi connectivity index (χ0) is 26.2. The maximum Gasteiger partial charge on any atom is 0.387 e. The summed E-state index contributed by atoms with van der Waals surface area (Å²) in [4.78, 5) is 37.7. The fraction of sp³-hybridized carbons (Fsp3) is 0.308. The average Bonchev–Trinajstić information content (AvgIpc) is 3.35. The zero-order valence-corrected chi connectivity index (χ0v) is 19.8. The largest absolute Gasteiger partial charge is 0.434 e. The SMILES string of the molecule is O=C1N[C@@H]2C[C@H](c3c(OC(F)F)cccc31)n1c2nc2ccc(-c3cnc(C4([N+](=O)[O-])CCC4)nc3)cc21. The van der Waals surface area contributed by atoms with Crippen molar-refractivity contribution in [3.05, 3.63) is 81.7 Å². The number of halogens is 2. The van der Waals surface area contributed by atoms with Crippen molar-refractivity contribution in [2.45, 2.75) is 49.9 Å². The van der Waals surface area contributed by atoms with Crippen LogP contribution in [-0.2, 0) is 5.54 Å². The third-order valence-electron chi connectivity index (χ3n) is 7.90. The first kappa shape index (κ1) is 22.7. The molecular formula is C26H20F2N6O4. The van der Waals surface area contributed by atoms with E-state index < -0.39 is 24.2 Å². The molecule has 12 heteroatoms. The van der Waals surface area contributed by atoms with Gasteiger partial charge in [-0.15, -0.1) is 0 Å². The van der Waals surface area contributed by atoms with Crippen molar-refractivity contribution >= 4 is 16.9 Å². The standard InChI is InChI=1S/C26H20F2N6O4/c27-25(28)38-20-4-1-3-15-21(20)19-10-17(32-23(15)35)22-31-16-6-5-13(9-18(16)33(19)22)14-11-29-24(30-12-14)26(34(36)37)7-2-8-26/h1,3-6,9,11-12,17,19,25H,2,7-8,10H2,(H,32,35)/t17-,19-/m1/s1. The molecule has 1 amide bonds. The van der Waals surface area contributed by atoms with Crippen LogP contribution in [0.2, 0.25) is 0 Å². The van der Waals surface area contributed by atoms with Crippen LogP contribution >= 0.6 is 0 Å². The molecule has 10 nitrogen and oxygen atoms in total. The fourth-order valence-corrected chi connectivity index (χ4v) is 5.91. The van der Waals surface area contributed by atoms with Crippen molar-refractivity contribution in [2.24, 2.45) is 0 Å². The topological polar surface area (TPSA) is 125 Å². The Labute approximate surface area is 213 Å². The first-order chi connectivity index (χ1) is 18.4. The molecule has 2 atom stereocenters. The maximum absolute atomic E-state index is 13.2. The smallest absolute Gasteiger partial charge is 0.387 e. The van der Waals surface area contributed by atoms with E-state index in [1.165, 1.54) is 12.1 Å². The minimum Gasteiger partial charge on any atom is -0.434 e. The molecule has 1 N–H and O–H groups in total. The van der Waals surface area contributed by atoms with Crippen molar-refractivity contribution in [2.75, 3.05) is 0 Å². The number of imidazole rings is 1. The summed E-state index contributed by atoms with van der Waals surface area (Å²) in [5, 5.41) is 14.6. The van der Waals surface area contributed by atoms with Crippen LogP contribution < -0.4 is 10.1 Å². The van der Waals surface area contributed by atoms with Gasteiger partial charge in [0.2, 0.25) is 5.82 Å². The van der Waals surface area contributed by atoms with Crippen LogP contribution in [0.15, 0.2) is 48.8 Å². The van der Waals surface area contributed by atoms with Gasteiger partial charge >= 0.3 is 6.61 Å². The molecule has 1 saturated carbocycles. The van der Waals surface area contributed by atoms with Crippen LogP contribution in [0.5, 0.6) is 5.75 Å². The number of rotatable bonds is 5. The Morgan fingerprint density at radius 2 is 1.95 bits per heavy atom. The van der Waals surface area contributed by atoms with Gasteiger partial charge in [0.25, 0.3) is 11.4 Å². The van der Waals surface area contributed by atoms with E-state index in [4.69, 9.17) is 9.72 Å². The molecule has 0 radical (unpaired) electrons. The molecule has 2 aromatic heterocycles. The molecular weight excluding hydrogens is 498 g/mol. The number of carbonyl (C=O) groups excluding carboxylic acids is 1. The predicted molar refractivity (Wildman–Crippen MR) is 129 cm³/mol. The Kier molecular flexibility index (Phi) is 4.78. The molecule has 38 heavy (non-hydrogen) atoms. The predicted octanol–water partition coefficient (Wildman–Crippen LogP) is 4.53. The summed E-state index contributed by atoms with van der Waals surface area (Å²) in [5.41, 5.74) is 2.37. The lowest BCUT2D eigenvalue weighted by Crippen LogP contribution is -2.43. The number of fused-ring (bicyclic) bond motifs is 9. The zero-order valence-electron chi connectivity index (χ0n) is 19.8. The van der Waals surface area contributed by atoms with Crippen LogP contribution in [0, 0.1) is 10.1 Å². The lowest BCUT2D eigenvalue weighted by atomic mass is 9.76. The van der Waals surface area contributed by atoms with E-state index in [1.54, 1.807) is 18.5 Å². The van der Waals surface area contributed by atoms with Gasteiger partial charge in [0.05, 0.1) is 23.1 Å². The van der Waals surface area contributed by atoms with Crippen molar-refractivity contribution < 1.29 is 23.2 Å². The van der Waals surface area contributed by atoms with Crippen LogP contribution in [0.4, 0.5) is 8.78 Å². The molecule has 192 valence electrons. The Balaban J connectivity index is 1.33. The average molecular weight is 518 g/mol. The van der Waals surface area contributed by atoms with E-state index in [2.05, 4.69) is 15.3 Å². The van der Waals surface area contributed by atoms with E-state index in [1.807, 2.05) is 22.8 Å². The summed E-state index contributed by atoms with van der Waals surface area (Å²) in [6.07, 6.45) is 5.23. The monoisotopic (exact) mass is 518 g/mol.